The molecule has 0 spiro atoms. The summed E-state index contributed by atoms with van der Waals surface area (Å²) in [6.07, 6.45) is 1.60. The van der Waals surface area contributed by atoms with E-state index >= 15 is 0 Å². The summed E-state index contributed by atoms with van der Waals surface area (Å²) in [4.78, 5) is 17.0. The molecule has 0 unspecified atom stereocenters. The van der Waals surface area contributed by atoms with Crippen molar-refractivity contribution < 1.29 is 5.11 Å². The molecule has 3 rings (SSSR count). The normalized spacial score (nSPS) is 11.0. The Balaban J connectivity index is 2.54. The van der Waals surface area contributed by atoms with Crippen molar-refractivity contribution in [1.29, 1.82) is 0 Å². The van der Waals surface area contributed by atoms with Gasteiger partial charge in [0.2, 0.25) is 0 Å². The highest BCUT2D eigenvalue weighted by atomic mass is 16.2. The second kappa shape index (κ2) is 5.08. The van der Waals surface area contributed by atoms with Gasteiger partial charge < -0.3 is 9.67 Å². The molecule has 0 atom stereocenters. The molecule has 0 bridgehead atoms. The highest BCUT2D eigenvalue weighted by Gasteiger charge is 2.15. The third kappa shape index (κ3) is 2.01. The van der Waals surface area contributed by atoms with Gasteiger partial charge in [-0.05, 0) is 31.9 Å². The molecule has 1 aromatic carbocycles. The molecule has 2 heterocycles. The van der Waals surface area contributed by atoms with Crippen LogP contribution in [-0.2, 0) is 0 Å². The highest BCUT2D eigenvalue weighted by Crippen LogP contribution is 2.18. The minimum Gasteiger partial charge on any atom is -0.384 e. The summed E-state index contributed by atoms with van der Waals surface area (Å²) in [6, 6.07) is 7.74. The molecule has 2 aromatic heterocycles. The number of benzene rings is 1. The van der Waals surface area contributed by atoms with Crippen LogP contribution in [-0.4, -0.2) is 25.7 Å². The van der Waals surface area contributed by atoms with Gasteiger partial charge in [-0.15, -0.1) is 0 Å². The average molecular weight is 281 g/mol. The first-order valence-electron chi connectivity index (χ1n) is 6.75. The molecular formula is C16H15N3O2. The second-order valence-corrected chi connectivity index (χ2v) is 5.03. The van der Waals surface area contributed by atoms with Crippen LogP contribution in [0.2, 0.25) is 0 Å². The Hall–Kier alpha value is -2.58. The Bertz CT molecular complexity index is 939. The number of para-hydroxylation sites is 2. The minimum absolute atomic E-state index is 0.0287. The molecule has 5 nitrogen and oxygen atoms in total. The molecule has 0 radical (unpaired) electrons. The van der Waals surface area contributed by atoms with Gasteiger partial charge in [-0.1, -0.05) is 18.1 Å². The lowest BCUT2D eigenvalue weighted by Gasteiger charge is -2.15. The van der Waals surface area contributed by atoms with Crippen LogP contribution in [0.4, 0.5) is 0 Å². The van der Waals surface area contributed by atoms with Gasteiger partial charge in [-0.25, -0.2) is 4.98 Å². The maximum Gasteiger partial charge on any atom is 0.278 e. The summed E-state index contributed by atoms with van der Waals surface area (Å²) in [5.74, 6) is 5.29. The molecular weight excluding hydrogens is 266 g/mol. The fraction of sp³-hybridized carbons (Fsp3) is 0.250. The number of hydrogen-bond acceptors (Lipinski definition) is 3. The maximum atomic E-state index is 12.8. The van der Waals surface area contributed by atoms with Gasteiger partial charge in [0.1, 0.15) is 24.1 Å². The first-order chi connectivity index (χ1) is 10.1. The summed E-state index contributed by atoms with van der Waals surface area (Å²) in [5.41, 5.74) is 2.50. The summed E-state index contributed by atoms with van der Waals surface area (Å²) < 4.78 is 3.51. The average Bonchev–Trinajstić information content (AvgIpc) is 2.89. The van der Waals surface area contributed by atoms with E-state index < -0.39 is 0 Å². The zero-order chi connectivity index (χ0) is 15.0. The fourth-order valence-electron chi connectivity index (χ4n) is 2.56. The third-order valence-electron chi connectivity index (χ3n) is 3.39. The summed E-state index contributed by atoms with van der Waals surface area (Å²) in [7, 11) is 0. The van der Waals surface area contributed by atoms with Crippen LogP contribution >= 0.6 is 0 Å². The topological polar surface area (TPSA) is 59.5 Å². The first kappa shape index (κ1) is 13.4. The van der Waals surface area contributed by atoms with Crippen molar-refractivity contribution in [1.82, 2.24) is 14.0 Å². The smallest absolute Gasteiger partial charge is 0.278 e. The number of aliphatic hydroxyl groups excluding tert-OH is 1. The Kier molecular flexibility index (Phi) is 3.24. The Morgan fingerprint density at radius 3 is 2.67 bits per heavy atom. The van der Waals surface area contributed by atoms with E-state index in [9.17, 15) is 4.79 Å². The zero-order valence-corrected chi connectivity index (χ0v) is 11.9. The van der Waals surface area contributed by atoms with E-state index in [1.54, 1.807) is 15.3 Å². The highest BCUT2D eigenvalue weighted by molar-refractivity contribution is 5.80. The Labute approximate surface area is 121 Å². The van der Waals surface area contributed by atoms with Crippen LogP contribution in [0.15, 0.2) is 35.4 Å². The number of aliphatic hydroxyl groups is 1. The van der Waals surface area contributed by atoms with E-state index in [0.29, 0.717) is 11.2 Å². The van der Waals surface area contributed by atoms with Gasteiger partial charge in [-0.3, -0.25) is 9.20 Å². The fourth-order valence-corrected chi connectivity index (χ4v) is 2.56. The van der Waals surface area contributed by atoms with Gasteiger partial charge in [0.15, 0.2) is 0 Å². The number of nitrogens with zero attached hydrogens (tertiary/aromatic N) is 3. The van der Waals surface area contributed by atoms with Gasteiger partial charge in [-0.2, -0.15) is 0 Å². The molecule has 0 aliphatic carbocycles. The van der Waals surface area contributed by atoms with Gasteiger partial charge in [0.25, 0.3) is 5.56 Å². The molecule has 0 saturated carbocycles. The zero-order valence-electron chi connectivity index (χ0n) is 11.9. The van der Waals surface area contributed by atoms with E-state index in [0.717, 1.165) is 11.0 Å². The molecule has 21 heavy (non-hydrogen) atoms. The first-order valence-corrected chi connectivity index (χ1v) is 6.75. The molecule has 0 amide bonds. The molecule has 0 aliphatic rings. The van der Waals surface area contributed by atoms with Crippen LogP contribution in [0.1, 0.15) is 25.6 Å². The van der Waals surface area contributed by atoms with Crippen molar-refractivity contribution in [2.75, 3.05) is 6.61 Å². The van der Waals surface area contributed by atoms with E-state index in [4.69, 9.17) is 5.11 Å². The van der Waals surface area contributed by atoms with Crippen molar-refractivity contribution in [2.45, 2.75) is 19.9 Å². The minimum atomic E-state index is -0.259. The number of hydrogen-bond donors (Lipinski definition) is 1. The predicted molar refractivity (Wildman–Crippen MR) is 81.3 cm³/mol. The summed E-state index contributed by atoms with van der Waals surface area (Å²) in [5, 5.41) is 8.83. The molecule has 3 aromatic rings. The molecule has 0 fully saturated rings. The second-order valence-electron chi connectivity index (χ2n) is 5.03. The Morgan fingerprint density at radius 2 is 2.00 bits per heavy atom. The lowest BCUT2D eigenvalue weighted by atomic mass is 10.2. The summed E-state index contributed by atoms with van der Waals surface area (Å²) >= 11 is 0. The van der Waals surface area contributed by atoms with Crippen molar-refractivity contribution in [3.05, 3.63) is 46.6 Å². The number of imidazole rings is 1. The summed E-state index contributed by atoms with van der Waals surface area (Å²) in [6.45, 7) is 3.69. The largest absolute Gasteiger partial charge is 0.384 e. The molecule has 106 valence electrons. The molecule has 0 aliphatic heterocycles. The number of rotatable bonds is 1. The third-order valence-corrected chi connectivity index (χ3v) is 3.39. The van der Waals surface area contributed by atoms with Crippen LogP contribution in [0.3, 0.4) is 0 Å². The number of fused-ring (bicyclic) bond motifs is 3. The van der Waals surface area contributed by atoms with Crippen molar-refractivity contribution >= 4 is 16.6 Å². The predicted octanol–water partition coefficient (Wildman–Crippen LogP) is 1.57. The SMILES string of the molecule is CC(C)n1c(=O)c2c(C#CCO)ncn2c2ccccc21. The molecule has 5 heteroatoms. The lowest BCUT2D eigenvalue weighted by molar-refractivity contribution is 0.350. The van der Waals surface area contributed by atoms with Crippen LogP contribution in [0.5, 0.6) is 0 Å². The van der Waals surface area contributed by atoms with Crippen molar-refractivity contribution in [3.63, 3.8) is 0 Å². The van der Waals surface area contributed by atoms with Crippen LogP contribution < -0.4 is 5.56 Å². The van der Waals surface area contributed by atoms with Crippen LogP contribution in [0.25, 0.3) is 16.6 Å². The van der Waals surface area contributed by atoms with E-state index in [1.165, 1.54) is 0 Å². The van der Waals surface area contributed by atoms with Gasteiger partial charge in [0, 0.05) is 6.04 Å². The maximum absolute atomic E-state index is 12.8. The number of aromatic nitrogens is 3. The Morgan fingerprint density at radius 1 is 1.29 bits per heavy atom. The van der Waals surface area contributed by atoms with Crippen LogP contribution in [0, 0.1) is 11.8 Å². The standard InChI is InChI=1S/C16H15N3O2/c1-11(2)19-14-8-4-3-7-13(14)18-10-17-12(6-5-9-20)15(18)16(19)21/h3-4,7-8,10-11,20H,9H2,1-2H3. The van der Waals surface area contributed by atoms with Gasteiger partial charge >= 0.3 is 0 Å². The lowest BCUT2D eigenvalue weighted by Crippen LogP contribution is -2.24. The van der Waals surface area contributed by atoms with E-state index in [2.05, 4.69) is 16.8 Å². The van der Waals surface area contributed by atoms with E-state index in [-0.39, 0.29) is 18.2 Å². The van der Waals surface area contributed by atoms with Crippen molar-refractivity contribution in [3.8, 4) is 11.8 Å². The van der Waals surface area contributed by atoms with Crippen molar-refractivity contribution in [2.24, 2.45) is 0 Å². The molecule has 0 saturated heterocycles. The quantitative estimate of drug-likeness (QED) is 0.689. The van der Waals surface area contributed by atoms with E-state index in [1.807, 2.05) is 38.1 Å². The monoisotopic (exact) mass is 281 g/mol. The van der Waals surface area contributed by atoms with Gasteiger partial charge in [0.05, 0.1) is 11.0 Å². The molecule has 1 N–H and O–H groups in total.